The molecule has 1 heterocycles. The van der Waals surface area contributed by atoms with Gasteiger partial charge in [0.25, 0.3) is 0 Å². The molecule has 1 saturated carbocycles. The number of rotatable bonds is 10. The van der Waals surface area contributed by atoms with Crippen molar-refractivity contribution in [2.24, 2.45) is 5.92 Å². The first-order valence-electron chi connectivity index (χ1n) is 13.0. The van der Waals surface area contributed by atoms with Gasteiger partial charge in [-0.25, -0.2) is 9.59 Å². The van der Waals surface area contributed by atoms with Gasteiger partial charge in [0.15, 0.2) is 0 Å². The van der Waals surface area contributed by atoms with E-state index in [0.717, 1.165) is 31.2 Å². The molecule has 9 nitrogen and oxygen atoms in total. The Hall–Kier alpha value is -3.23. The number of nitrogens with one attached hydrogen (secondary N) is 1. The first-order chi connectivity index (χ1) is 17.6. The van der Waals surface area contributed by atoms with E-state index in [4.69, 9.17) is 18.9 Å². The third kappa shape index (κ3) is 8.68. The van der Waals surface area contributed by atoms with Gasteiger partial charge in [-0.2, -0.15) is 0 Å². The minimum Gasteiger partial charge on any atom is -0.497 e. The number of likely N-dealkylation sites (tertiary alicyclic amines) is 1. The number of esters is 1. The van der Waals surface area contributed by atoms with Crippen molar-refractivity contribution in [3.05, 3.63) is 35.9 Å². The Balaban J connectivity index is 1.65. The number of carbonyl (C=O) groups excluding carboxylic acids is 3. The maximum atomic E-state index is 13.3. The van der Waals surface area contributed by atoms with Gasteiger partial charge in [0.2, 0.25) is 5.91 Å². The van der Waals surface area contributed by atoms with Crippen LogP contribution in [0.1, 0.15) is 64.9 Å². The third-order valence-electron chi connectivity index (χ3n) is 6.55. The maximum Gasteiger partial charge on any atom is 0.408 e. The second kappa shape index (κ2) is 12.8. The van der Waals surface area contributed by atoms with E-state index in [1.807, 2.05) is 12.1 Å². The number of methoxy groups -OCH3 is 2. The summed E-state index contributed by atoms with van der Waals surface area (Å²) in [6.45, 7) is 6.34. The minimum absolute atomic E-state index is 0.00390. The van der Waals surface area contributed by atoms with E-state index in [2.05, 4.69) is 5.32 Å². The van der Waals surface area contributed by atoms with Gasteiger partial charge in [0.1, 0.15) is 23.2 Å². The molecule has 1 N–H and O–H groups in total. The molecule has 1 saturated heterocycles. The summed E-state index contributed by atoms with van der Waals surface area (Å²) in [4.78, 5) is 39.8. The molecule has 204 valence electrons. The van der Waals surface area contributed by atoms with Crippen LogP contribution in [0.3, 0.4) is 0 Å². The van der Waals surface area contributed by atoms with Gasteiger partial charge in [-0.05, 0) is 71.4 Å². The highest BCUT2D eigenvalue weighted by molar-refractivity contribution is 5.83. The Labute approximate surface area is 219 Å². The predicted molar refractivity (Wildman–Crippen MR) is 138 cm³/mol. The van der Waals surface area contributed by atoms with E-state index >= 15 is 0 Å². The van der Waals surface area contributed by atoms with Crippen LogP contribution < -0.4 is 14.8 Å². The van der Waals surface area contributed by atoms with Crippen molar-refractivity contribution in [3.63, 3.8) is 0 Å². The fourth-order valence-corrected chi connectivity index (χ4v) is 4.72. The van der Waals surface area contributed by atoms with Crippen molar-refractivity contribution in [3.8, 4) is 11.5 Å². The topological polar surface area (TPSA) is 103 Å². The predicted octanol–water partition coefficient (Wildman–Crippen LogP) is 4.38. The molecule has 3 rings (SSSR count). The van der Waals surface area contributed by atoms with Crippen LogP contribution in [0, 0.1) is 5.92 Å². The van der Waals surface area contributed by atoms with Crippen LogP contribution in [0.25, 0.3) is 0 Å². The van der Waals surface area contributed by atoms with Gasteiger partial charge < -0.3 is 29.2 Å². The van der Waals surface area contributed by atoms with Crippen molar-refractivity contribution in [1.29, 1.82) is 0 Å². The second-order valence-corrected chi connectivity index (χ2v) is 10.6. The summed E-state index contributed by atoms with van der Waals surface area (Å²) >= 11 is 0. The quantitative estimate of drug-likeness (QED) is 0.364. The number of ether oxygens (including phenoxy) is 4. The number of alkyl carbamates (subject to hydrolysis) is 1. The van der Waals surface area contributed by atoms with E-state index in [1.165, 1.54) is 6.08 Å². The highest BCUT2D eigenvalue weighted by Crippen LogP contribution is 2.30. The zero-order chi connectivity index (χ0) is 27.0. The number of carbonyl (C=O) groups is 3. The Morgan fingerprint density at radius 2 is 1.86 bits per heavy atom. The number of nitrogens with zero attached hydrogens (tertiary/aromatic N) is 1. The average molecular weight is 517 g/mol. The molecule has 1 aliphatic carbocycles. The molecule has 0 spiro atoms. The molecule has 0 bridgehead atoms. The lowest BCUT2D eigenvalue weighted by Crippen LogP contribution is -2.40. The molecular weight excluding hydrogens is 476 g/mol. The molecule has 2 fully saturated rings. The summed E-state index contributed by atoms with van der Waals surface area (Å²) < 4.78 is 21.6. The zero-order valence-corrected chi connectivity index (χ0v) is 22.6. The van der Waals surface area contributed by atoms with Gasteiger partial charge in [-0.1, -0.05) is 6.08 Å². The van der Waals surface area contributed by atoms with Crippen molar-refractivity contribution in [2.75, 3.05) is 20.8 Å². The molecule has 2 aliphatic rings. The van der Waals surface area contributed by atoms with E-state index in [9.17, 15) is 14.4 Å². The fraction of sp³-hybridized carbons (Fsp3) is 0.607. The lowest BCUT2D eigenvalue weighted by molar-refractivity contribution is -0.142. The Morgan fingerprint density at radius 3 is 2.51 bits per heavy atom. The summed E-state index contributed by atoms with van der Waals surface area (Å²) in [7, 11) is 3.18. The van der Waals surface area contributed by atoms with Crippen LogP contribution >= 0.6 is 0 Å². The van der Waals surface area contributed by atoms with Crippen LogP contribution in [0.15, 0.2) is 30.4 Å². The van der Waals surface area contributed by atoms with Crippen molar-refractivity contribution in [1.82, 2.24) is 10.2 Å². The van der Waals surface area contributed by atoms with Gasteiger partial charge in [0.05, 0.1) is 20.3 Å². The lowest BCUT2D eigenvalue weighted by Gasteiger charge is -2.24. The van der Waals surface area contributed by atoms with Crippen LogP contribution in [0.2, 0.25) is 0 Å². The normalized spacial score (nSPS) is 19.2. The van der Waals surface area contributed by atoms with Crippen LogP contribution in [0.4, 0.5) is 4.79 Å². The molecule has 0 aromatic heterocycles. The SMILES string of the molecule is COc1ccc(CN2CC[C@@H](C[C@@H](/C=C/C(=O)OC3CCCC3)NC(=O)OC(C)(C)C)C2=O)c(OC)c1. The number of hydrogen-bond acceptors (Lipinski definition) is 7. The van der Waals surface area contributed by atoms with E-state index in [1.54, 1.807) is 52.0 Å². The summed E-state index contributed by atoms with van der Waals surface area (Å²) in [6.07, 6.45) is 7.18. The van der Waals surface area contributed by atoms with Crippen molar-refractivity contribution >= 4 is 18.0 Å². The van der Waals surface area contributed by atoms with E-state index in [-0.39, 0.29) is 17.9 Å². The molecular formula is C28H40N2O7. The molecule has 9 heteroatoms. The fourth-order valence-electron chi connectivity index (χ4n) is 4.72. The molecule has 0 unspecified atom stereocenters. The minimum atomic E-state index is -0.669. The van der Waals surface area contributed by atoms with Gasteiger partial charge >= 0.3 is 12.1 Å². The maximum absolute atomic E-state index is 13.3. The Morgan fingerprint density at radius 1 is 1.14 bits per heavy atom. The van der Waals surface area contributed by atoms with E-state index < -0.39 is 23.7 Å². The van der Waals surface area contributed by atoms with Gasteiger partial charge in [-0.3, -0.25) is 4.79 Å². The number of hydrogen-bond donors (Lipinski definition) is 1. The largest absolute Gasteiger partial charge is 0.497 e. The first kappa shape index (κ1) is 28.3. The molecule has 1 aromatic carbocycles. The van der Waals surface area contributed by atoms with Crippen molar-refractivity contribution in [2.45, 2.75) is 83.6 Å². The number of amides is 2. The monoisotopic (exact) mass is 516 g/mol. The van der Waals surface area contributed by atoms with Gasteiger partial charge in [-0.15, -0.1) is 0 Å². The third-order valence-corrected chi connectivity index (χ3v) is 6.55. The van der Waals surface area contributed by atoms with Gasteiger partial charge in [0, 0.05) is 36.7 Å². The van der Waals surface area contributed by atoms with Crippen LogP contribution in [0.5, 0.6) is 11.5 Å². The molecule has 2 amide bonds. The molecule has 1 aromatic rings. The summed E-state index contributed by atoms with van der Waals surface area (Å²) in [5, 5.41) is 2.81. The standard InChI is InChI=1S/C28H40N2O7/c1-28(2,3)37-27(33)29-21(11-13-25(31)36-22-8-6-7-9-22)16-19-14-15-30(26(19)32)18-20-10-12-23(34-4)17-24(20)35-5/h10-13,17,19,21-22H,6-9,14-16,18H2,1-5H3,(H,29,33)/b13-11+/t19-,21+/m0/s1. The van der Waals surface area contributed by atoms with Crippen molar-refractivity contribution < 1.29 is 33.3 Å². The molecule has 0 radical (unpaired) electrons. The second-order valence-electron chi connectivity index (χ2n) is 10.6. The summed E-state index contributed by atoms with van der Waals surface area (Å²) in [5.74, 6) is 0.591. The highest BCUT2D eigenvalue weighted by Gasteiger charge is 2.34. The molecule has 1 aliphatic heterocycles. The number of benzene rings is 1. The Kier molecular flexibility index (Phi) is 9.83. The summed E-state index contributed by atoms with van der Waals surface area (Å²) in [6, 6.07) is 4.97. The lowest BCUT2D eigenvalue weighted by atomic mass is 9.98. The summed E-state index contributed by atoms with van der Waals surface area (Å²) in [5.41, 5.74) is 0.215. The van der Waals surface area contributed by atoms with E-state index in [0.29, 0.717) is 37.4 Å². The molecule has 2 atom stereocenters. The molecule has 37 heavy (non-hydrogen) atoms. The van der Waals surface area contributed by atoms with Crippen LogP contribution in [-0.4, -0.2) is 61.4 Å². The first-order valence-corrected chi connectivity index (χ1v) is 13.0. The smallest absolute Gasteiger partial charge is 0.408 e. The highest BCUT2D eigenvalue weighted by atomic mass is 16.6. The average Bonchev–Trinajstić information content (AvgIpc) is 3.47. The Bertz CT molecular complexity index is 979. The zero-order valence-electron chi connectivity index (χ0n) is 22.6. The van der Waals surface area contributed by atoms with Crippen LogP contribution in [-0.2, 0) is 25.6 Å².